The highest BCUT2D eigenvalue weighted by molar-refractivity contribution is 6.29. The van der Waals surface area contributed by atoms with Gasteiger partial charge in [0.15, 0.2) is 0 Å². The Kier molecular flexibility index (Phi) is 2.05. The number of amides is 1. The molecule has 2 heterocycles. The van der Waals surface area contributed by atoms with Crippen LogP contribution in [0.3, 0.4) is 0 Å². The fourth-order valence-electron chi connectivity index (χ4n) is 1.09. The van der Waals surface area contributed by atoms with Crippen LogP contribution in [0.15, 0.2) is 21.6 Å². The zero-order valence-corrected chi connectivity index (χ0v) is 7.31. The molecule has 2 aromatic heterocycles. The van der Waals surface area contributed by atoms with E-state index >= 15 is 0 Å². The Morgan fingerprint density at radius 3 is 3.13 bits per heavy atom. The summed E-state index contributed by atoms with van der Waals surface area (Å²) in [6, 6.07) is 1.37. The summed E-state index contributed by atoms with van der Waals surface area (Å²) >= 11 is 0. The Labute approximate surface area is 82.1 Å². The molecule has 0 atom stereocenters. The number of fused-ring (bicyclic) bond motifs is 1. The molecule has 1 amide bonds. The molecule has 0 aromatic carbocycles. The summed E-state index contributed by atoms with van der Waals surface area (Å²) in [6.45, 7) is 0. The third-order valence-corrected chi connectivity index (χ3v) is 1.71. The van der Waals surface area contributed by atoms with Gasteiger partial charge in [-0.15, -0.1) is 0 Å². The molecule has 0 aliphatic rings. The fraction of sp³-hybridized carbons (Fsp3) is 0. The van der Waals surface area contributed by atoms with Crippen molar-refractivity contribution >= 4 is 29.0 Å². The summed E-state index contributed by atoms with van der Waals surface area (Å²) in [5.41, 5.74) is -0.0460. The van der Waals surface area contributed by atoms with Crippen molar-refractivity contribution in [3.05, 3.63) is 22.6 Å². The van der Waals surface area contributed by atoms with Crippen molar-refractivity contribution in [2.75, 3.05) is 5.32 Å². The molecule has 0 radical (unpaired) electrons. The Balaban J connectivity index is 2.46. The van der Waals surface area contributed by atoms with E-state index in [2.05, 4.69) is 15.5 Å². The molecule has 0 saturated carbocycles. The highest BCUT2D eigenvalue weighted by atomic mass is 16.5. The summed E-state index contributed by atoms with van der Waals surface area (Å²) in [5, 5.41) is 4.54. The lowest BCUT2D eigenvalue weighted by atomic mass is 10.3. The van der Waals surface area contributed by atoms with Gasteiger partial charge >= 0.3 is 0 Å². The molecule has 2 N–H and O–H groups in total. The molecule has 0 aliphatic carbocycles. The first kappa shape index (κ1) is 9.13. The minimum atomic E-state index is -0.809. The number of nitrogens with zero attached hydrogens (tertiary/aromatic N) is 1. The van der Waals surface area contributed by atoms with Crippen molar-refractivity contribution in [2.24, 2.45) is 0 Å². The molecule has 76 valence electrons. The van der Waals surface area contributed by atoms with E-state index in [1.165, 1.54) is 12.3 Å². The molecule has 7 nitrogen and oxygen atoms in total. The van der Waals surface area contributed by atoms with Crippen molar-refractivity contribution in [2.45, 2.75) is 0 Å². The second-order valence-corrected chi connectivity index (χ2v) is 2.72. The van der Waals surface area contributed by atoms with Crippen LogP contribution in [0, 0.1) is 0 Å². The molecule has 7 heteroatoms. The molecule has 0 unspecified atom stereocenters. The van der Waals surface area contributed by atoms with Gasteiger partial charge in [-0.2, -0.15) is 5.16 Å². The average molecular weight is 207 g/mol. The lowest BCUT2D eigenvalue weighted by Crippen LogP contribution is -2.12. The summed E-state index contributed by atoms with van der Waals surface area (Å²) in [4.78, 5) is 35.7. The van der Waals surface area contributed by atoms with Crippen LogP contribution < -0.4 is 10.9 Å². The van der Waals surface area contributed by atoms with Crippen molar-refractivity contribution in [3.63, 3.8) is 0 Å². The summed E-state index contributed by atoms with van der Waals surface area (Å²) < 4.78 is 4.70. The number of aldehydes is 1. The molecular formula is C8H5N3O4. The van der Waals surface area contributed by atoms with Gasteiger partial charge in [0.2, 0.25) is 6.29 Å². The number of aromatic amines is 1. The van der Waals surface area contributed by atoms with E-state index in [4.69, 9.17) is 4.52 Å². The van der Waals surface area contributed by atoms with Gasteiger partial charge in [0.1, 0.15) is 5.39 Å². The molecule has 2 rings (SSSR count). The standard InChI is InChI=1S/C8H5N3O4/c12-3-6(13)10-4-1-5-7(14)11-15-8(5)9-2-4/h1-3H,(H,10,13)(H,11,14). The topological polar surface area (TPSA) is 105 Å². The Morgan fingerprint density at radius 2 is 2.40 bits per heavy atom. The SMILES string of the molecule is O=CC(=O)Nc1cnc2o[nH]c(=O)c2c1. The van der Waals surface area contributed by atoms with Gasteiger partial charge in [-0.25, -0.2) is 4.98 Å². The van der Waals surface area contributed by atoms with E-state index in [0.29, 0.717) is 0 Å². The Hall–Kier alpha value is -2.44. The average Bonchev–Trinajstić information content (AvgIpc) is 2.60. The van der Waals surface area contributed by atoms with Gasteiger partial charge in [-0.05, 0) is 6.07 Å². The zero-order valence-electron chi connectivity index (χ0n) is 7.31. The van der Waals surface area contributed by atoms with E-state index < -0.39 is 11.5 Å². The van der Waals surface area contributed by atoms with E-state index in [1.54, 1.807) is 0 Å². The van der Waals surface area contributed by atoms with Gasteiger partial charge in [-0.3, -0.25) is 14.4 Å². The predicted molar refractivity (Wildman–Crippen MR) is 49.3 cm³/mol. The normalized spacial score (nSPS) is 10.1. The van der Waals surface area contributed by atoms with Gasteiger partial charge in [-0.1, -0.05) is 0 Å². The second-order valence-electron chi connectivity index (χ2n) is 2.72. The molecule has 2 aromatic rings. The van der Waals surface area contributed by atoms with Gasteiger partial charge in [0.05, 0.1) is 11.9 Å². The van der Waals surface area contributed by atoms with Crippen LogP contribution in [0.25, 0.3) is 11.1 Å². The Morgan fingerprint density at radius 1 is 1.60 bits per heavy atom. The van der Waals surface area contributed by atoms with E-state index in [0.717, 1.165) is 0 Å². The van der Waals surface area contributed by atoms with Crippen LogP contribution in [0.5, 0.6) is 0 Å². The van der Waals surface area contributed by atoms with Crippen molar-refractivity contribution in [1.82, 2.24) is 10.1 Å². The number of anilines is 1. The maximum absolute atomic E-state index is 11.1. The van der Waals surface area contributed by atoms with Gasteiger partial charge in [0.25, 0.3) is 17.2 Å². The van der Waals surface area contributed by atoms with Crippen LogP contribution in [-0.2, 0) is 9.59 Å². The Bertz CT molecular complexity index is 583. The lowest BCUT2D eigenvalue weighted by Gasteiger charge is -1.97. The minimum Gasteiger partial charge on any atom is -0.358 e. The lowest BCUT2D eigenvalue weighted by molar-refractivity contribution is -0.127. The first-order valence-electron chi connectivity index (χ1n) is 3.94. The smallest absolute Gasteiger partial charge is 0.289 e. The van der Waals surface area contributed by atoms with Crippen molar-refractivity contribution in [1.29, 1.82) is 0 Å². The third-order valence-electron chi connectivity index (χ3n) is 1.71. The minimum absolute atomic E-state index is 0.129. The quantitative estimate of drug-likeness (QED) is 0.517. The number of hydrogen-bond acceptors (Lipinski definition) is 5. The highest BCUT2D eigenvalue weighted by Crippen LogP contribution is 2.11. The first-order chi connectivity index (χ1) is 7.20. The largest absolute Gasteiger partial charge is 0.358 e. The number of rotatable bonds is 2. The molecule has 0 saturated heterocycles. The van der Waals surface area contributed by atoms with Crippen LogP contribution in [0.2, 0.25) is 0 Å². The molecule has 15 heavy (non-hydrogen) atoms. The van der Waals surface area contributed by atoms with E-state index in [-0.39, 0.29) is 23.1 Å². The van der Waals surface area contributed by atoms with Crippen molar-refractivity contribution in [3.8, 4) is 0 Å². The number of carbonyl (C=O) groups excluding carboxylic acids is 2. The number of H-pyrrole nitrogens is 1. The van der Waals surface area contributed by atoms with Gasteiger partial charge in [0, 0.05) is 0 Å². The van der Waals surface area contributed by atoms with Crippen LogP contribution in [-0.4, -0.2) is 22.3 Å². The number of pyridine rings is 1. The molecule has 0 fully saturated rings. The number of aromatic nitrogens is 2. The second kappa shape index (κ2) is 3.37. The molecule has 0 spiro atoms. The third kappa shape index (κ3) is 1.62. The van der Waals surface area contributed by atoms with Crippen LogP contribution in [0.4, 0.5) is 5.69 Å². The molecule has 0 aliphatic heterocycles. The van der Waals surface area contributed by atoms with Crippen LogP contribution in [0.1, 0.15) is 0 Å². The van der Waals surface area contributed by atoms with Gasteiger partial charge < -0.3 is 9.84 Å². The fourth-order valence-corrected chi connectivity index (χ4v) is 1.09. The highest BCUT2D eigenvalue weighted by Gasteiger charge is 2.07. The first-order valence-corrected chi connectivity index (χ1v) is 3.94. The summed E-state index contributed by atoms with van der Waals surface area (Å²) in [5.74, 6) is -0.809. The zero-order chi connectivity index (χ0) is 10.8. The maximum atomic E-state index is 11.1. The monoisotopic (exact) mass is 207 g/mol. The molecule has 0 bridgehead atoms. The number of nitrogens with one attached hydrogen (secondary N) is 2. The number of carbonyl (C=O) groups is 2. The molecular weight excluding hydrogens is 202 g/mol. The number of hydrogen-bond donors (Lipinski definition) is 2. The van der Waals surface area contributed by atoms with E-state index in [1.807, 2.05) is 0 Å². The van der Waals surface area contributed by atoms with Crippen LogP contribution >= 0.6 is 0 Å². The van der Waals surface area contributed by atoms with Crippen molar-refractivity contribution < 1.29 is 14.1 Å². The summed E-state index contributed by atoms with van der Waals surface area (Å²) in [6.07, 6.45) is 1.41. The van der Waals surface area contributed by atoms with E-state index in [9.17, 15) is 14.4 Å². The predicted octanol–water partition coefficient (Wildman–Crippen LogP) is -0.347. The summed E-state index contributed by atoms with van der Waals surface area (Å²) in [7, 11) is 0. The maximum Gasteiger partial charge on any atom is 0.289 e.